The van der Waals surface area contributed by atoms with Crippen molar-refractivity contribution in [3.8, 4) is 5.75 Å². The van der Waals surface area contributed by atoms with Gasteiger partial charge < -0.3 is 9.64 Å². The predicted octanol–water partition coefficient (Wildman–Crippen LogP) is 2.46. The Hall–Kier alpha value is -1.59. The van der Waals surface area contributed by atoms with Crippen LogP contribution in [-0.2, 0) is 11.3 Å². The Morgan fingerprint density at radius 1 is 1.04 bits per heavy atom. The van der Waals surface area contributed by atoms with Crippen molar-refractivity contribution in [1.29, 1.82) is 0 Å². The maximum atomic E-state index is 12.5. The Labute approximate surface area is 152 Å². The molecule has 0 N–H and O–H groups in total. The first-order chi connectivity index (χ1) is 12.2. The molecule has 0 radical (unpaired) electrons. The third-order valence-electron chi connectivity index (χ3n) is 4.75. The molecular formula is C20H33N3O2. The summed E-state index contributed by atoms with van der Waals surface area (Å²) in [4.78, 5) is 19.2. The Morgan fingerprint density at radius 3 is 2.24 bits per heavy atom. The molecule has 0 bridgehead atoms. The van der Waals surface area contributed by atoms with Crippen LogP contribution in [0.4, 0.5) is 0 Å². The second-order valence-electron chi connectivity index (χ2n) is 6.74. The summed E-state index contributed by atoms with van der Waals surface area (Å²) in [6.45, 7) is 11.4. The lowest BCUT2D eigenvalue weighted by atomic mass is 10.1. The van der Waals surface area contributed by atoms with Gasteiger partial charge in [-0.2, -0.15) is 0 Å². The minimum atomic E-state index is 0.280. The van der Waals surface area contributed by atoms with Crippen LogP contribution < -0.4 is 4.74 Å². The van der Waals surface area contributed by atoms with E-state index in [0.717, 1.165) is 64.4 Å². The summed E-state index contributed by atoms with van der Waals surface area (Å²) >= 11 is 0. The van der Waals surface area contributed by atoms with Gasteiger partial charge in [0.15, 0.2) is 0 Å². The molecule has 0 unspecified atom stereocenters. The number of nitrogens with zero attached hydrogens (tertiary/aromatic N) is 3. The van der Waals surface area contributed by atoms with Gasteiger partial charge in [-0.3, -0.25) is 14.6 Å². The highest BCUT2D eigenvalue weighted by Crippen LogP contribution is 2.19. The molecule has 5 nitrogen and oxygen atoms in total. The SMILES string of the molecule is CCCN(CCC)C(=O)CN1CCN(Cc2ccccc2OC)CC1. The van der Waals surface area contributed by atoms with Crippen molar-refractivity contribution >= 4 is 5.91 Å². The highest BCUT2D eigenvalue weighted by Gasteiger charge is 2.21. The molecule has 5 heteroatoms. The first-order valence-corrected chi connectivity index (χ1v) is 9.52. The predicted molar refractivity (Wildman–Crippen MR) is 102 cm³/mol. The van der Waals surface area contributed by atoms with Crippen LogP contribution in [-0.4, -0.2) is 73.5 Å². The van der Waals surface area contributed by atoms with Gasteiger partial charge in [0.2, 0.25) is 5.91 Å². The van der Waals surface area contributed by atoms with E-state index in [1.54, 1.807) is 7.11 Å². The van der Waals surface area contributed by atoms with Crippen LogP contribution in [0.1, 0.15) is 32.3 Å². The quantitative estimate of drug-likeness (QED) is 0.687. The van der Waals surface area contributed by atoms with Crippen molar-refractivity contribution in [3.05, 3.63) is 29.8 Å². The van der Waals surface area contributed by atoms with Gasteiger partial charge in [0.1, 0.15) is 5.75 Å². The normalized spacial score (nSPS) is 16.0. The Balaban J connectivity index is 1.80. The van der Waals surface area contributed by atoms with E-state index >= 15 is 0 Å². The molecule has 25 heavy (non-hydrogen) atoms. The number of rotatable bonds is 9. The van der Waals surface area contributed by atoms with Crippen molar-refractivity contribution in [1.82, 2.24) is 14.7 Å². The third-order valence-corrected chi connectivity index (χ3v) is 4.75. The number of methoxy groups -OCH3 is 1. The zero-order valence-corrected chi connectivity index (χ0v) is 16.0. The lowest BCUT2D eigenvalue weighted by Gasteiger charge is -2.35. The van der Waals surface area contributed by atoms with Gasteiger partial charge in [-0.15, -0.1) is 0 Å². The molecule has 140 valence electrons. The molecule has 1 fully saturated rings. The zero-order valence-electron chi connectivity index (χ0n) is 16.0. The van der Waals surface area contributed by atoms with Crippen molar-refractivity contribution in [2.24, 2.45) is 0 Å². The molecule has 1 aliphatic heterocycles. The highest BCUT2D eigenvalue weighted by molar-refractivity contribution is 5.78. The molecule has 0 saturated carbocycles. The van der Waals surface area contributed by atoms with Crippen LogP contribution in [0.25, 0.3) is 0 Å². The number of para-hydroxylation sites is 1. The van der Waals surface area contributed by atoms with Gasteiger partial charge in [-0.1, -0.05) is 32.0 Å². The number of benzene rings is 1. The Bertz CT molecular complexity index is 521. The van der Waals surface area contributed by atoms with E-state index < -0.39 is 0 Å². The molecular weight excluding hydrogens is 314 g/mol. The summed E-state index contributed by atoms with van der Waals surface area (Å²) in [5.74, 6) is 1.23. The van der Waals surface area contributed by atoms with Crippen LogP contribution in [0.5, 0.6) is 5.75 Å². The molecule has 0 aliphatic carbocycles. The second-order valence-corrected chi connectivity index (χ2v) is 6.74. The topological polar surface area (TPSA) is 36.0 Å². The van der Waals surface area contributed by atoms with E-state index in [1.165, 1.54) is 5.56 Å². The van der Waals surface area contributed by atoms with E-state index in [1.807, 2.05) is 17.0 Å². The molecule has 1 aromatic rings. The number of amides is 1. The fraction of sp³-hybridized carbons (Fsp3) is 0.650. The second kappa shape index (κ2) is 10.4. The van der Waals surface area contributed by atoms with E-state index in [2.05, 4.69) is 35.8 Å². The minimum Gasteiger partial charge on any atom is -0.496 e. The van der Waals surface area contributed by atoms with E-state index in [4.69, 9.17) is 4.74 Å². The first-order valence-electron chi connectivity index (χ1n) is 9.52. The fourth-order valence-electron chi connectivity index (χ4n) is 3.37. The number of hydrogen-bond acceptors (Lipinski definition) is 4. The van der Waals surface area contributed by atoms with Crippen molar-refractivity contribution < 1.29 is 9.53 Å². The van der Waals surface area contributed by atoms with Gasteiger partial charge in [-0.05, 0) is 18.9 Å². The lowest BCUT2D eigenvalue weighted by molar-refractivity contribution is -0.133. The van der Waals surface area contributed by atoms with Crippen molar-refractivity contribution in [3.63, 3.8) is 0 Å². The minimum absolute atomic E-state index is 0.280. The van der Waals surface area contributed by atoms with E-state index in [-0.39, 0.29) is 5.91 Å². The third kappa shape index (κ3) is 6.01. The van der Waals surface area contributed by atoms with Gasteiger partial charge in [0.05, 0.1) is 13.7 Å². The molecule has 1 saturated heterocycles. The molecule has 2 rings (SSSR count). The highest BCUT2D eigenvalue weighted by atomic mass is 16.5. The Kier molecular flexibility index (Phi) is 8.22. The Morgan fingerprint density at radius 2 is 1.64 bits per heavy atom. The van der Waals surface area contributed by atoms with Gasteiger partial charge in [0.25, 0.3) is 0 Å². The fourth-order valence-corrected chi connectivity index (χ4v) is 3.37. The summed E-state index contributed by atoms with van der Waals surface area (Å²) in [6.07, 6.45) is 2.05. The number of carbonyl (C=O) groups is 1. The molecule has 1 aliphatic rings. The number of carbonyl (C=O) groups excluding carboxylic acids is 1. The number of hydrogen-bond donors (Lipinski definition) is 0. The van der Waals surface area contributed by atoms with Crippen LogP contribution in [0.3, 0.4) is 0 Å². The van der Waals surface area contributed by atoms with Crippen LogP contribution >= 0.6 is 0 Å². The molecule has 1 heterocycles. The van der Waals surface area contributed by atoms with E-state index in [0.29, 0.717) is 6.54 Å². The standard InChI is InChI=1S/C20H33N3O2/c1-4-10-23(11-5-2)20(24)17-22-14-12-21(13-15-22)16-18-8-6-7-9-19(18)25-3/h6-9H,4-5,10-17H2,1-3H3. The van der Waals surface area contributed by atoms with Crippen molar-refractivity contribution in [2.45, 2.75) is 33.2 Å². The van der Waals surface area contributed by atoms with Gasteiger partial charge in [0, 0.05) is 51.4 Å². The van der Waals surface area contributed by atoms with Crippen LogP contribution in [0.15, 0.2) is 24.3 Å². The summed E-state index contributed by atoms with van der Waals surface area (Å²) in [7, 11) is 1.72. The molecule has 1 amide bonds. The summed E-state index contributed by atoms with van der Waals surface area (Å²) in [5.41, 5.74) is 1.23. The molecule has 0 spiro atoms. The number of piperazine rings is 1. The molecule has 1 aromatic carbocycles. The summed E-state index contributed by atoms with van der Waals surface area (Å²) in [6, 6.07) is 8.20. The maximum absolute atomic E-state index is 12.5. The van der Waals surface area contributed by atoms with Crippen LogP contribution in [0, 0.1) is 0 Å². The molecule has 0 atom stereocenters. The maximum Gasteiger partial charge on any atom is 0.236 e. The lowest BCUT2D eigenvalue weighted by Crippen LogP contribution is -2.50. The van der Waals surface area contributed by atoms with Gasteiger partial charge in [-0.25, -0.2) is 0 Å². The smallest absolute Gasteiger partial charge is 0.236 e. The van der Waals surface area contributed by atoms with Crippen LogP contribution in [0.2, 0.25) is 0 Å². The zero-order chi connectivity index (χ0) is 18.1. The average molecular weight is 348 g/mol. The number of ether oxygens (including phenoxy) is 1. The summed E-state index contributed by atoms with van der Waals surface area (Å²) in [5, 5.41) is 0. The first kappa shape index (κ1) is 19.7. The van der Waals surface area contributed by atoms with E-state index in [9.17, 15) is 4.79 Å². The van der Waals surface area contributed by atoms with Crippen molar-refractivity contribution in [2.75, 3.05) is 52.9 Å². The largest absolute Gasteiger partial charge is 0.496 e. The monoisotopic (exact) mass is 347 g/mol. The molecule has 0 aromatic heterocycles. The summed E-state index contributed by atoms with van der Waals surface area (Å²) < 4.78 is 5.45. The van der Waals surface area contributed by atoms with Gasteiger partial charge >= 0.3 is 0 Å². The average Bonchev–Trinajstić information content (AvgIpc) is 2.63.